The van der Waals surface area contributed by atoms with Crippen molar-refractivity contribution >= 4 is 5.97 Å². The van der Waals surface area contributed by atoms with E-state index in [-0.39, 0.29) is 0 Å². The van der Waals surface area contributed by atoms with Gasteiger partial charge >= 0.3 is 5.97 Å². The minimum Gasteiger partial charge on any atom is -0.480 e. The average molecular weight is 201 g/mol. The van der Waals surface area contributed by atoms with Gasteiger partial charge in [0, 0.05) is 0 Å². The Morgan fingerprint density at radius 2 is 1.79 bits per heavy atom. The largest absolute Gasteiger partial charge is 0.480 e. The summed E-state index contributed by atoms with van der Waals surface area (Å²) >= 11 is 0. The molecule has 0 aromatic carbocycles. The molecule has 0 spiro atoms. The summed E-state index contributed by atoms with van der Waals surface area (Å²) in [5.41, 5.74) is 0. The van der Waals surface area contributed by atoms with E-state index in [1.165, 1.54) is 0 Å². The van der Waals surface area contributed by atoms with Gasteiger partial charge in [-0.25, -0.2) is 4.79 Å². The maximum Gasteiger partial charge on any atom is 0.329 e. The van der Waals surface area contributed by atoms with E-state index in [4.69, 9.17) is 15.0 Å². The van der Waals surface area contributed by atoms with E-state index in [1.54, 1.807) is 0 Å². The Labute approximate surface area is 85.5 Å². The molecule has 0 saturated heterocycles. The smallest absolute Gasteiger partial charge is 0.329 e. The first-order chi connectivity index (χ1) is 6.62. The Bertz CT molecular complexity index is 189. The molecule has 0 radical (unpaired) electrons. The first-order valence-corrected chi connectivity index (χ1v) is 4.56. The van der Waals surface area contributed by atoms with Crippen molar-refractivity contribution in [3.05, 3.63) is 0 Å². The van der Waals surface area contributed by atoms with Gasteiger partial charge in [-0.05, 0) is 20.0 Å². The lowest BCUT2D eigenvalue weighted by atomic mass is 10.5. The molecule has 0 aliphatic rings. The molecule has 0 bridgehead atoms. The topological polar surface area (TPSA) is 60.8 Å². The summed E-state index contributed by atoms with van der Waals surface area (Å²) in [7, 11) is 0. The molecule has 0 unspecified atom stereocenters. The average Bonchev–Trinajstić information content (AvgIpc) is 2.20. The van der Waals surface area contributed by atoms with Crippen molar-refractivity contribution in [2.24, 2.45) is 0 Å². The predicted molar refractivity (Wildman–Crippen MR) is 56.0 cm³/mol. The molecule has 2 N–H and O–H groups in total. The SMILES string of the molecule is CC#CCN(CC)CC.O=C(O)CO. The molecule has 82 valence electrons. The number of hydrogen-bond donors (Lipinski definition) is 2. The standard InChI is InChI=1S/C8H15N.C2H4O3/c1-4-7-8-9(5-2)6-3;3-1-2(4)5/h5-6,8H2,1-3H3;3H,1H2,(H,4,5). The van der Waals surface area contributed by atoms with E-state index >= 15 is 0 Å². The number of rotatable bonds is 4. The van der Waals surface area contributed by atoms with Gasteiger partial charge in [0.15, 0.2) is 0 Å². The molecule has 0 aliphatic heterocycles. The highest BCUT2D eigenvalue weighted by Gasteiger charge is 1.91. The second-order valence-corrected chi connectivity index (χ2v) is 2.44. The van der Waals surface area contributed by atoms with Gasteiger partial charge in [-0.2, -0.15) is 0 Å². The van der Waals surface area contributed by atoms with Crippen LogP contribution in [0.1, 0.15) is 20.8 Å². The zero-order valence-corrected chi connectivity index (χ0v) is 9.08. The lowest BCUT2D eigenvalue weighted by Crippen LogP contribution is -2.22. The summed E-state index contributed by atoms with van der Waals surface area (Å²) < 4.78 is 0. The summed E-state index contributed by atoms with van der Waals surface area (Å²) in [5.74, 6) is 4.71. The molecule has 0 amide bonds. The third-order valence-electron chi connectivity index (χ3n) is 1.51. The fourth-order valence-corrected chi connectivity index (χ4v) is 0.638. The van der Waals surface area contributed by atoms with E-state index in [2.05, 4.69) is 30.6 Å². The lowest BCUT2D eigenvalue weighted by molar-refractivity contribution is -0.140. The van der Waals surface area contributed by atoms with Gasteiger partial charge < -0.3 is 10.2 Å². The van der Waals surface area contributed by atoms with Gasteiger partial charge in [0.2, 0.25) is 0 Å². The van der Waals surface area contributed by atoms with Crippen LogP contribution >= 0.6 is 0 Å². The molecule has 4 nitrogen and oxygen atoms in total. The van der Waals surface area contributed by atoms with Crippen LogP contribution in [0.15, 0.2) is 0 Å². The summed E-state index contributed by atoms with van der Waals surface area (Å²) in [6, 6.07) is 0. The maximum atomic E-state index is 9.12. The van der Waals surface area contributed by atoms with Crippen molar-refractivity contribution in [2.45, 2.75) is 20.8 Å². The van der Waals surface area contributed by atoms with E-state index in [9.17, 15) is 0 Å². The van der Waals surface area contributed by atoms with Crippen LogP contribution in [0.25, 0.3) is 0 Å². The van der Waals surface area contributed by atoms with E-state index < -0.39 is 12.6 Å². The number of nitrogens with zero attached hydrogens (tertiary/aromatic N) is 1. The summed E-state index contributed by atoms with van der Waals surface area (Å²) in [4.78, 5) is 11.4. The maximum absolute atomic E-state index is 9.12. The van der Waals surface area contributed by atoms with Crippen molar-refractivity contribution in [1.82, 2.24) is 4.90 Å². The van der Waals surface area contributed by atoms with Crippen LogP contribution in [0, 0.1) is 11.8 Å². The van der Waals surface area contributed by atoms with Crippen LogP contribution in [0.4, 0.5) is 0 Å². The Morgan fingerprint density at radius 3 is 2.00 bits per heavy atom. The van der Waals surface area contributed by atoms with Crippen molar-refractivity contribution in [3.8, 4) is 11.8 Å². The highest BCUT2D eigenvalue weighted by Crippen LogP contribution is 1.82. The van der Waals surface area contributed by atoms with Crippen molar-refractivity contribution < 1.29 is 15.0 Å². The molecule has 14 heavy (non-hydrogen) atoms. The monoisotopic (exact) mass is 201 g/mol. The number of carboxylic acid groups (broad SMARTS) is 1. The molecule has 4 heteroatoms. The Morgan fingerprint density at radius 1 is 1.36 bits per heavy atom. The number of aliphatic carboxylic acids is 1. The molecule has 0 fully saturated rings. The van der Waals surface area contributed by atoms with Crippen molar-refractivity contribution in [1.29, 1.82) is 0 Å². The number of aliphatic hydroxyl groups is 1. The third kappa shape index (κ3) is 13.5. The van der Waals surface area contributed by atoms with Crippen LogP contribution in [0.5, 0.6) is 0 Å². The van der Waals surface area contributed by atoms with E-state index in [0.29, 0.717) is 0 Å². The van der Waals surface area contributed by atoms with Crippen LogP contribution in [0.3, 0.4) is 0 Å². The quantitative estimate of drug-likeness (QED) is 0.647. The predicted octanol–water partition coefficient (Wildman–Crippen LogP) is 0.415. The molecular formula is C10H19NO3. The zero-order valence-electron chi connectivity index (χ0n) is 9.08. The second kappa shape index (κ2) is 11.9. The number of carbonyl (C=O) groups is 1. The highest BCUT2D eigenvalue weighted by molar-refractivity contribution is 5.67. The fraction of sp³-hybridized carbons (Fsp3) is 0.700. The third-order valence-corrected chi connectivity index (χ3v) is 1.51. The van der Waals surface area contributed by atoms with Gasteiger partial charge in [0.05, 0.1) is 6.54 Å². The van der Waals surface area contributed by atoms with Crippen LogP contribution in [0.2, 0.25) is 0 Å². The molecule has 0 aromatic rings. The van der Waals surface area contributed by atoms with Gasteiger partial charge in [-0.3, -0.25) is 4.90 Å². The van der Waals surface area contributed by atoms with Gasteiger partial charge in [0.1, 0.15) is 6.61 Å². The van der Waals surface area contributed by atoms with Crippen LogP contribution in [-0.2, 0) is 4.79 Å². The van der Waals surface area contributed by atoms with Crippen molar-refractivity contribution in [2.75, 3.05) is 26.2 Å². The number of hydrogen-bond acceptors (Lipinski definition) is 3. The normalized spacial score (nSPS) is 8.36. The minimum atomic E-state index is -1.19. The molecule has 0 rings (SSSR count). The zero-order chi connectivity index (χ0) is 11.4. The fourth-order valence-electron chi connectivity index (χ4n) is 0.638. The molecular weight excluding hydrogens is 182 g/mol. The Kier molecular flexibility index (Phi) is 13.2. The molecule has 0 saturated carbocycles. The number of aliphatic hydroxyl groups excluding tert-OH is 1. The highest BCUT2D eigenvalue weighted by atomic mass is 16.4. The van der Waals surface area contributed by atoms with Gasteiger partial charge in [-0.15, -0.1) is 5.92 Å². The van der Waals surface area contributed by atoms with Crippen molar-refractivity contribution in [3.63, 3.8) is 0 Å². The molecule has 0 aromatic heterocycles. The second-order valence-electron chi connectivity index (χ2n) is 2.44. The Hall–Kier alpha value is -1.05. The first-order valence-electron chi connectivity index (χ1n) is 4.56. The van der Waals surface area contributed by atoms with Crippen LogP contribution < -0.4 is 0 Å². The van der Waals surface area contributed by atoms with Gasteiger partial charge in [-0.1, -0.05) is 19.8 Å². The van der Waals surface area contributed by atoms with Gasteiger partial charge in [0.25, 0.3) is 0 Å². The minimum absolute atomic E-state index is 0.778. The summed E-state index contributed by atoms with van der Waals surface area (Å²) in [6.07, 6.45) is 0. The van der Waals surface area contributed by atoms with E-state index in [1.807, 2.05) is 6.92 Å². The summed E-state index contributed by atoms with van der Waals surface area (Å²) in [6.45, 7) is 8.53. The molecule has 0 atom stereocenters. The number of carboxylic acids is 1. The van der Waals surface area contributed by atoms with Crippen LogP contribution in [-0.4, -0.2) is 47.3 Å². The van der Waals surface area contributed by atoms with E-state index in [0.717, 1.165) is 19.6 Å². The molecule has 0 aliphatic carbocycles. The Balaban J connectivity index is 0. The summed E-state index contributed by atoms with van der Waals surface area (Å²) in [5, 5.41) is 15.0. The first kappa shape index (κ1) is 15.4. The molecule has 0 heterocycles. The lowest BCUT2D eigenvalue weighted by Gasteiger charge is -2.12.